The summed E-state index contributed by atoms with van der Waals surface area (Å²) in [4.78, 5) is 25.7. The van der Waals surface area contributed by atoms with E-state index in [9.17, 15) is 9.59 Å². The van der Waals surface area contributed by atoms with E-state index in [1.54, 1.807) is 24.3 Å². The molecule has 1 aromatic carbocycles. The van der Waals surface area contributed by atoms with E-state index < -0.39 is 6.03 Å². The molecular weight excluding hydrogens is 266 g/mol. The highest BCUT2D eigenvalue weighted by Gasteiger charge is 2.37. The molecule has 1 N–H and O–H groups in total. The quantitative estimate of drug-likeness (QED) is 0.907. The van der Waals surface area contributed by atoms with E-state index >= 15 is 0 Å². The first-order valence-electron chi connectivity index (χ1n) is 6.94. The van der Waals surface area contributed by atoms with Crippen LogP contribution in [-0.4, -0.2) is 18.5 Å². The number of anilines is 1. The Labute approximate surface area is 124 Å². The number of imide groups is 1. The van der Waals surface area contributed by atoms with Crippen LogP contribution in [0.1, 0.15) is 32.8 Å². The Morgan fingerprint density at radius 2 is 1.90 bits per heavy atom. The fraction of sp³-hybridized carbons (Fsp3) is 0.438. The summed E-state index contributed by atoms with van der Waals surface area (Å²) < 4.78 is 0. The Morgan fingerprint density at radius 3 is 2.43 bits per heavy atom. The molecule has 2 rings (SSSR count). The van der Waals surface area contributed by atoms with Gasteiger partial charge in [-0.25, -0.2) is 9.69 Å². The minimum atomic E-state index is -0.408. The van der Waals surface area contributed by atoms with Gasteiger partial charge < -0.3 is 5.32 Å². The second-order valence-corrected chi connectivity index (χ2v) is 6.48. The van der Waals surface area contributed by atoms with Crippen LogP contribution in [0.4, 0.5) is 10.5 Å². The summed E-state index contributed by atoms with van der Waals surface area (Å²) >= 11 is 0. The van der Waals surface area contributed by atoms with E-state index in [4.69, 9.17) is 5.26 Å². The molecular formula is C16H19N3O2. The molecule has 1 heterocycles. The van der Waals surface area contributed by atoms with Gasteiger partial charge in [-0.3, -0.25) is 4.79 Å². The third-order valence-corrected chi connectivity index (χ3v) is 3.39. The van der Waals surface area contributed by atoms with Gasteiger partial charge in [0.15, 0.2) is 0 Å². The van der Waals surface area contributed by atoms with Crippen LogP contribution < -0.4 is 10.2 Å². The Kier molecular flexibility index (Phi) is 3.99. The number of carbonyl (C=O) groups is 2. The van der Waals surface area contributed by atoms with Crippen LogP contribution in [-0.2, 0) is 4.79 Å². The second kappa shape index (κ2) is 5.57. The van der Waals surface area contributed by atoms with Gasteiger partial charge in [-0.15, -0.1) is 0 Å². The topological polar surface area (TPSA) is 73.2 Å². The van der Waals surface area contributed by atoms with E-state index in [0.717, 1.165) is 0 Å². The number of carbonyl (C=O) groups excluding carboxylic acids is 2. The van der Waals surface area contributed by atoms with Crippen molar-refractivity contribution in [2.45, 2.75) is 27.2 Å². The van der Waals surface area contributed by atoms with Crippen molar-refractivity contribution in [2.75, 3.05) is 11.4 Å². The number of nitrogens with zero attached hydrogens (tertiary/aromatic N) is 2. The molecule has 110 valence electrons. The van der Waals surface area contributed by atoms with Crippen molar-refractivity contribution in [3.8, 4) is 6.07 Å². The van der Waals surface area contributed by atoms with Crippen LogP contribution in [0.3, 0.4) is 0 Å². The number of rotatable bonds is 2. The van der Waals surface area contributed by atoms with Gasteiger partial charge in [-0.1, -0.05) is 20.8 Å². The molecule has 21 heavy (non-hydrogen) atoms. The smallest absolute Gasteiger partial charge is 0.328 e. The third kappa shape index (κ3) is 3.40. The molecule has 0 bridgehead atoms. The molecule has 1 fully saturated rings. The van der Waals surface area contributed by atoms with Gasteiger partial charge >= 0.3 is 6.03 Å². The van der Waals surface area contributed by atoms with Gasteiger partial charge in [0.25, 0.3) is 0 Å². The first kappa shape index (κ1) is 15.0. The zero-order chi connectivity index (χ0) is 15.6. The second-order valence-electron chi connectivity index (χ2n) is 6.48. The Hall–Kier alpha value is -2.35. The lowest BCUT2D eigenvalue weighted by Crippen LogP contribution is -2.55. The molecule has 0 aliphatic carbocycles. The summed E-state index contributed by atoms with van der Waals surface area (Å²) in [5.74, 6) is -0.406. The molecule has 5 nitrogen and oxygen atoms in total. The van der Waals surface area contributed by atoms with E-state index in [0.29, 0.717) is 24.2 Å². The van der Waals surface area contributed by atoms with Crippen molar-refractivity contribution in [3.63, 3.8) is 0 Å². The summed E-state index contributed by atoms with van der Waals surface area (Å²) in [6.45, 7) is 6.59. The number of hydrogen-bond donors (Lipinski definition) is 1. The van der Waals surface area contributed by atoms with Crippen LogP contribution in [0.2, 0.25) is 0 Å². The van der Waals surface area contributed by atoms with E-state index in [2.05, 4.69) is 26.1 Å². The zero-order valence-electron chi connectivity index (χ0n) is 12.5. The third-order valence-electron chi connectivity index (χ3n) is 3.39. The Morgan fingerprint density at radius 1 is 1.29 bits per heavy atom. The van der Waals surface area contributed by atoms with Gasteiger partial charge in [0.05, 0.1) is 23.2 Å². The summed E-state index contributed by atoms with van der Waals surface area (Å²) in [5.41, 5.74) is 1.00. The van der Waals surface area contributed by atoms with Gasteiger partial charge in [0.1, 0.15) is 0 Å². The monoisotopic (exact) mass is 285 g/mol. The first-order valence-corrected chi connectivity index (χ1v) is 6.94. The molecule has 0 aromatic heterocycles. The number of urea groups is 1. The average molecular weight is 285 g/mol. The lowest BCUT2D eigenvalue weighted by molar-refractivity contribution is -0.123. The minimum absolute atomic E-state index is 0.0126. The SMILES string of the molecule is CC(C)(C)CC1CNC(=O)N(c2ccc(C#N)cc2)C1=O. The van der Waals surface area contributed by atoms with Gasteiger partial charge in [-0.05, 0) is 36.1 Å². The summed E-state index contributed by atoms with van der Waals surface area (Å²) in [5, 5.41) is 11.6. The fourth-order valence-electron chi connectivity index (χ4n) is 2.49. The van der Waals surface area contributed by atoms with Crippen molar-refractivity contribution in [2.24, 2.45) is 11.3 Å². The molecule has 0 spiro atoms. The molecule has 1 unspecified atom stereocenters. The van der Waals surface area contributed by atoms with E-state index in [1.165, 1.54) is 4.90 Å². The Bertz CT molecular complexity index is 593. The number of hydrogen-bond acceptors (Lipinski definition) is 3. The number of benzene rings is 1. The summed E-state index contributed by atoms with van der Waals surface area (Å²) in [7, 11) is 0. The maximum absolute atomic E-state index is 12.6. The van der Waals surface area contributed by atoms with Crippen molar-refractivity contribution in [3.05, 3.63) is 29.8 Å². The highest BCUT2D eigenvalue weighted by molar-refractivity contribution is 6.16. The number of nitriles is 1. The lowest BCUT2D eigenvalue weighted by Gasteiger charge is -2.34. The predicted molar refractivity (Wildman–Crippen MR) is 79.6 cm³/mol. The average Bonchev–Trinajstić information content (AvgIpc) is 2.42. The van der Waals surface area contributed by atoms with Crippen molar-refractivity contribution in [1.82, 2.24) is 5.32 Å². The van der Waals surface area contributed by atoms with Crippen LogP contribution in [0.5, 0.6) is 0 Å². The molecule has 1 aliphatic rings. The predicted octanol–water partition coefficient (Wildman–Crippen LogP) is 2.67. The maximum atomic E-state index is 12.6. The van der Waals surface area contributed by atoms with Crippen molar-refractivity contribution >= 4 is 17.6 Å². The highest BCUT2D eigenvalue weighted by atomic mass is 16.2. The normalized spacial score (nSPS) is 19.1. The van der Waals surface area contributed by atoms with Crippen LogP contribution in [0, 0.1) is 22.7 Å². The molecule has 0 radical (unpaired) electrons. The van der Waals surface area contributed by atoms with Crippen LogP contribution >= 0.6 is 0 Å². The minimum Gasteiger partial charge on any atom is -0.337 e. The van der Waals surface area contributed by atoms with Gasteiger partial charge in [0, 0.05) is 6.54 Å². The molecule has 0 saturated carbocycles. The van der Waals surface area contributed by atoms with Crippen LogP contribution in [0.15, 0.2) is 24.3 Å². The largest absolute Gasteiger partial charge is 0.337 e. The molecule has 5 heteroatoms. The first-order chi connectivity index (χ1) is 9.81. The van der Waals surface area contributed by atoms with E-state index in [1.807, 2.05) is 6.07 Å². The standard InChI is InChI=1S/C16H19N3O2/c1-16(2,3)8-12-10-18-15(21)19(14(12)20)13-6-4-11(9-17)5-7-13/h4-7,12H,8,10H2,1-3H3,(H,18,21). The molecule has 1 atom stereocenters. The van der Waals surface area contributed by atoms with Crippen molar-refractivity contribution < 1.29 is 9.59 Å². The zero-order valence-corrected chi connectivity index (χ0v) is 12.5. The molecule has 1 aromatic rings. The fourth-order valence-corrected chi connectivity index (χ4v) is 2.49. The maximum Gasteiger partial charge on any atom is 0.328 e. The van der Waals surface area contributed by atoms with Gasteiger partial charge in [-0.2, -0.15) is 5.26 Å². The van der Waals surface area contributed by atoms with E-state index in [-0.39, 0.29) is 17.2 Å². The number of nitrogens with one attached hydrogen (secondary N) is 1. The Balaban J connectivity index is 2.25. The van der Waals surface area contributed by atoms with Crippen molar-refractivity contribution in [1.29, 1.82) is 5.26 Å². The van der Waals surface area contributed by atoms with Gasteiger partial charge in [0.2, 0.25) is 5.91 Å². The molecule has 1 aliphatic heterocycles. The van der Waals surface area contributed by atoms with Crippen LogP contribution in [0.25, 0.3) is 0 Å². The summed E-state index contributed by atoms with van der Waals surface area (Å²) in [6.07, 6.45) is 0.707. The summed E-state index contributed by atoms with van der Waals surface area (Å²) in [6, 6.07) is 8.05. The lowest BCUT2D eigenvalue weighted by atomic mass is 9.83. The molecule has 3 amide bonds. The number of amides is 3. The highest BCUT2D eigenvalue weighted by Crippen LogP contribution is 2.29. The molecule has 1 saturated heterocycles.